The van der Waals surface area contributed by atoms with Crippen LogP contribution in [0.3, 0.4) is 0 Å². The number of carbonyl (C=O) groups excluding carboxylic acids is 2. The minimum Gasteiger partial charge on any atom is -0.469 e. The molecule has 144 valence electrons. The summed E-state index contributed by atoms with van der Waals surface area (Å²) >= 11 is 0. The van der Waals surface area contributed by atoms with Gasteiger partial charge in [0.05, 0.1) is 12.5 Å². The molecule has 2 saturated carbocycles. The molecule has 1 saturated heterocycles. The second-order valence-corrected chi connectivity index (χ2v) is 9.56. The zero-order chi connectivity index (χ0) is 19.1. The van der Waals surface area contributed by atoms with E-state index in [2.05, 4.69) is 6.92 Å². The number of aliphatic hydroxyl groups is 1. The van der Waals surface area contributed by atoms with Crippen molar-refractivity contribution in [1.82, 2.24) is 0 Å². The average molecular weight is 362 g/mol. The highest BCUT2D eigenvalue weighted by Crippen LogP contribution is 2.67. The van der Waals surface area contributed by atoms with Crippen molar-refractivity contribution in [3.8, 4) is 0 Å². The summed E-state index contributed by atoms with van der Waals surface area (Å²) in [6.45, 7) is 8.05. The third-order valence-corrected chi connectivity index (χ3v) is 8.08. The van der Waals surface area contributed by atoms with Gasteiger partial charge in [-0.25, -0.2) is 0 Å². The van der Waals surface area contributed by atoms with Crippen molar-refractivity contribution in [3.05, 3.63) is 11.6 Å². The van der Waals surface area contributed by atoms with Gasteiger partial charge in [-0.1, -0.05) is 27.2 Å². The molecule has 1 N–H and O–H groups in total. The predicted molar refractivity (Wildman–Crippen MR) is 95.3 cm³/mol. The fourth-order valence-electron chi connectivity index (χ4n) is 6.63. The first-order chi connectivity index (χ1) is 12.1. The molecule has 0 radical (unpaired) electrons. The molecular formula is C21H30O5. The summed E-state index contributed by atoms with van der Waals surface area (Å²) in [5, 5.41) is 11.6. The number of esters is 1. The van der Waals surface area contributed by atoms with Crippen LogP contribution in [-0.4, -0.2) is 41.3 Å². The maximum Gasteiger partial charge on any atom is 0.311 e. The lowest BCUT2D eigenvalue weighted by Gasteiger charge is -2.59. The van der Waals surface area contributed by atoms with Crippen LogP contribution in [0.1, 0.15) is 59.8 Å². The Kier molecular flexibility index (Phi) is 3.63. The van der Waals surface area contributed by atoms with E-state index >= 15 is 0 Å². The van der Waals surface area contributed by atoms with Crippen molar-refractivity contribution in [2.45, 2.75) is 77.1 Å². The summed E-state index contributed by atoms with van der Waals surface area (Å²) in [6.07, 6.45) is 5.00. The fraction of sp³-hybridized carbons (Fsp3) is 0.810. The Morgan fingerprint density at radius 3 is 2.62 bits per heavy atom. The van der Waals surface area contributed by atoms with Crippen molar-refractivity contribution in [3.63, 3.8) is 0 Å². The van der Waals surface area contributed by atoms with Crippen LogP contribution in [0.2, 0.25) is 0 Å². The molecular weight excluding hydrogens is 332 g/mol. The summed E-state index contributed by atoms with van der Waals surface area (Å²) in [5.74, 6) is -0.120. The first kappa shape index (κ1) is 18.2. The Morgan fingerprint density at radius 2 is 2.00 bits per heavy atom. The van der Waals surface area contributed by atoms with Gasteiger partial charge in [0.1, 0.15) is 11.7 Å². The zero-order valence-corrected chi connectivity index (χ0v) is 16.4. The predicted octanol–water partition coefficient (Wildman–Crippen LogP) is 2.80. The number of rotatable bonds is 2. The van der Waals surface area contributed by atoms with Crippen LogP contribution in [0.5, 0.6) is 0 Å². The summed E-state index contributed by atoms with van der Waals surface area (Å²) in [5.41, 5.74) is -2.14. The van der Waals surface area contributed by atoms with Crippen LogP contribution in [0, 0.1) is 22.7 Å². The average Bonchev–Trinajstić information content (AvgIpc) is 3.35. The quantitative estimate of drug-likeness (QED) is 0.604. The van der Waals surface area contributed by atoms with Gasteiger partial charge >= 0.3 is 5.97 Å². The molecule has 3 aliphatic carbocycles. The molecule has 1 aliphatic heterocycles. The second kappa shape index (κ2) is 5.20. The van der Waals surface area contributed by atoms with Gasteiger partial charge in [-0.05, 0) is 61.5 Å². The molecule has 6 atom stereocenters. The Bertz CT molecular complexity index is 711. The molecule has 0 spiro atoms. The zero-order valence-electron chi connectivity index (χ0n) is 16.4. The number of epoxide rings is 1. The first-order valence-corrected chi connectivity index (χ1v) is 9.83. The summed E-state index contributed by atoms with van der Waals surface area (Å²) in [4.78, 5) is 25.6. The normalized spacial score (nSPS) is 49.7. The molecule has 0 aromatic rings. The Balaban J connectivity index is 1.81. The molecule has 0 unspecified atom stereocenters. The molecule has 5 nitrogen and oxygen atoms in total. The van der Waals surface area contributed by atoms with E-state index in [1.165, 1.54) is 7.11 Å². The summed E-state index contributed by atoms with van der Waals surface area (Å²) < 4.78 is 11.0. The van der Waals surface area contributed by atoms with Gasteiger partial charge in [-0.3, -0.25) is 9.59 Å². The first-order valence-electron chi connectivity index (χ1n) is 9.83. The Hall–Kier alpha value is -1.20. The molecule has 0 aromatic heterocycles. The molecule has 0 bridgehead atoms. The molecule has 1 heterocycles. The van der Waals surface area contributed by atoms with Crippen molar-refractivity contribution < 1.29 is 24.2 Å². The maximum absolute atomic E-state index is 13.0. The number of fused-ring (bicyclic) bond motifs is 5. The van der Waals surface area contributed by atoms with E-state index in [0.717, 1.165) is 31.3 Å². The highest BCUT2D eigenvalue weighted by atomic mass is 16.6. The number of hydrogen-bond donors (Lipinski definition) is 1. The lowest BCUT2D eigenvalue weighted by molar-refractivity contribution is -0.167. The molecule has 26 heavy (non-hydrogen) atoms. The van der Waals surface area contributed by atoms with Gasteiger partial charge < -0.3 is 14.6 Å². The molecule has 0 amide bonds. The lowest BCUT2D eigenvalue weighted by Crippen LogP contribution is -2.61. The largest absolute Gasteiger partial charge is 0.469 e. The summed E-state index contributed by atoms with van der Waals surface area (Å²) in [6, 6.07) is 0. The van der Waals surface area contributed by atoms with E-state index in [4.69, 9.17) is 9.47 Å². The smallest absolute Gasteiger partial charge is 0.311 e. The Morgan fingerprint density at radius 1 is 1.31 bits per heavy atom. The maximum atomic E-state index is 13.0. The van der Waals surface area contributed by atoms with Crippen molar-refractivity contribution in [2.75, 3.05) is 7.11 Å². The van der Waals surface area contributed by atoms with E-state index < -0.39 is 22.7 Å². The number of methoxy groups -OCH3 is 1. The van der Waals surface area contributed by atoms with Gasteiger partial charge in [0, 0.05) is 0 Å². The fourth-order valence-corrected chi connectivity index (χ4v) is 6.63. The number of carbonyl (C=O) groups is 2. The van der Waals surface area contributed by atoms with Crippen LogP contribution >= 0.6 is 0 Å². The molecule has 5 heteroatoms. The van der Waals surface area contributed by atoms with E-state index in [1.807, 2.05) is 20.8 Å². The van der Waals surface area contributed by atoms with Crippen LogP contribution in [0.4, 0.5) is 0 Å². The third-order valence-electron chi connectivity index (χ3n) is 8.08. The van der Waals surface area contributed by atoms with Crippen LogP contribution in [-0.2, 0) is 19.1 Å². The number of ketones is 1. The third kappa shape index (κ3) is 1.89. The number of hydrogen-bond acceptors (Lipinski definition) is 5. The van der Waals surface area contributed by atoms with Crippen molar-refractivity contribution in [1.29, 1.82) is 0 Å². The van der Waals surface area contributed by atoms with E-state index in [9.17, 15) is 14.7 Å². The Labute approximate surface area is 155 Å². The number of ether oxygens (including phenoxy) is 2. The van der Waals surface area contributed by atoms with Gasteiger partial charge in [-0.2, -0.15) is 0 Å². The van der Waals surface area contributed by atoms with Gasteiger partial charge in [-0.15, -0.1) is 0 Å². The van der Waals surface area contributed by atoms with Crippen molar-refractivity contribution >= 4 is 11.8 Å². The van der Waals surface area contributed by atoms with Crippen LogP contribution < -0.4 is 0 Å². The minimum absolute atomic E-state index is 0.0237. The molecule has 4 aliphatic rings. The van der Waals surface area contributed by atoms with E-state index in [1.54, 1.807) is 6.08 Å². The van der Waals surface area contributed by atoms with Gasteiger partial charge in [0.15, 0.2) is 11.4 Å². The summed E-state index contributed by atoms with van der Waals surface area (Å²) in [7, 11) is 1.44. The van der Waals surface area contributed by atoms with Crippen LogP contribution in [0.25, 0.3) is 0 Å². The monoisotopic (exact) mass is 362 g/mol. The van der Waals surface area contributed by atoms with E-state index in [-0.39, 0.29) is 29.0 Å². The highest BCUT2D eigenvalue weighted by Gasteiger charge is 2.76. The van der Waals surface area contributed by atoms with Crippen molar-refractivity contribution in [2.24, 2.45) is 22.7 Å². The minimum atomic E-state index is -1.10. The molecule has 3 fully saturated rings. The molecule has 4 rings (SSSR count). The second-order valence-electron chi connectivity index (χ2n) is 9.56. The van der Waals surface area contributed by atoms with Gasteiger partial charge in [0.2, 0.25) is 0 Å². The van der Waals surface area contributed by atoms with E-state index in [0.29, 0.717) is 6.42 Å². The topological polar surface area (TPSA) is 76.1 Å². The van der Waals surface area contributed by atoms with Crippen LogP contribution in [0.15, 0.2) is 11.6 Å². The van der Waals surface area contributed by atoms with Gasteiger partial charge in [0.25, 0.3) is 0 Å². The lowest BCUT2D eigenvalue weighted by atomic mass is 9.45. The highest BCUT2D eigenvalue weighted by molar-refractivity contribution is 6.03. The molecule has 0 aromatic carbocycles. The SMILES string of the molecule is COC(=O)[C@]1(C)CCC[C@]2(C)C3=CC(=O)[C@@]4(C(C)C)O[C@@H]4[C@]3(O)CC[C@@H]12. The standard InChI is InChI=1S/C21H30O5/c1-12(2)21-15(22)11-14-18(3)8-6-9-19(4,17(23)25-5)13(18)7-10-20(14,24)16(21)26-21/h11-13,16,24H,6-10H2,1-5H3/t13-,16-,18+,19-,20+,21-/m1/s1.